The minimum atomic E-state index is -0.0103. The monoisotopic (exact) mass is 250 g/mol. The molecule has 0 radical (unpaired) electrons. The first kappa shape index (κ1) is 12.7. The highest BCUT2D eigenvalue weighted by Crippen LogP contribution is 2.28. The van der Waals surface area contributed by atoms with E-state index in [9.17, 15) is 4.79 Å². The van der Waals surface area contributed by atoms with Gasteiger partial charge < -0.3 is 20.1 Å². The predicted octanol–water partition coefficient (Wildman–Crippen LogP) is 0.877. The zero-order valence-electron chi connectivity index (χ0n) is 10.7. The fourth-order valence-corrected chi connectivity index (χ4v) is 2.12. The third-order valence-electron chi connectivity index (χ3n) is 3.14. The summed E-state index contributed by atoms with van der Waals surface area (Å²) in [5, 5.41) is 0. The van der Waals surface area contributed by atoms with E-state index in [1.165, 1.54) is 0 Å². The Balaban J connectivity index is 2.20. The lowest BCUT2D eigenvalue weighted by Gasteiger charge is -2.16. The molecule has 1 heterocycles. The highest BCUT2D eigenvalue weighted by Gasteiger charge is 2.25. The van der Waals surface area contributed by atoms with Gasteiger partial charge >= 0.3 is 0 Å². The molecule has 18 heavy (non-hydrogen) atoms. The van der Waals surface area contributed by atoms with Crippen molar-refractivity contribution in [3.05, 3.63) is 23.8 Å². The second kappa shape index (κ2) is 5.27. The summed E-state index contributed by atoms with van der Waals surface area (Å²) < 4.78 is 10.3. The van der Waals surface area contributed by atoms with Gasteiger partial charge in [-0.25, -0.2) is 0 Å². The van der Waals surface area contributed by atoms with Crippen LogP contribution < -0.4 is 15.2 Å². The molecule has 0 saturated carbocycles. The van der Waals surface area contributed by atoms with Crippen molar-refractivity contribution in [2.75, 3.05) is 27.3 Å². The molecule has 1 aliphatic rings. The standard InChI is InChI=1S/C13H18N2O3/c1-17-11-4-3-9(7-12(11)18-2)13(16)15-6-5-10(14)8-15/h3-4,7,10H,5-6,8,14H2,1-2H3/t10-/m1/s1. The van der Waals surface area contributed by atoms with Crippen molar-refractivity contribution in [2.45, 2.75) is 12.5 Å². The number of rotatable bonds is 3. The molecule has 0 spiro atoms. The summed E-state index contributed by atoms with van der Waals surface area (Å²) in [4.78, 5) is 14.0. The summed E-state index contributed by atoms with van der Waals surface area (Å²) in [6.45, 7) is 1.33. The number of carbonyl (C=O) groups excluding carboxylic acids is 1. The van der Waals surface area contributed by atoms with Crippen LogP contribution in [0.1, 0.15) is 16.8 Å². The molecule has 0 aromatic heterocycles. The quantitative estimate of drug-likeness (QED) is 0.864. The number of nitrogens with two attached hydrogens (primary N) is 1. The van der Waals surface area contributed by atoms with Crippen molar-refractivity contribution in [1.82, 2.24) is 4.90 Å². The number of benzene rings is 1. The van der Waals surface area contributed by atoms with Crippen molar-refractivity contribution < 1.29 is 14.3 Å². The Bertz CT molecular complexity index is 448. The van der Waals surface area contributed by atoms with Gasteiger partial charge in [0.2, 0.25) is 0 Å². The molecule has 1 aliphatic heterocycles. The number of methoxy groups -OCH3 is 2. The van der Waals surface area contributed by atoms with Crippen LogP contribution in [0, 0.1) is 0 Å². The van der Waals surface area contributed by atoms with Crippen molar-refractivity contribution in [3.8, 4) is 11.5 Å². The van der Waals surface area contributed by atoms with Gasteiger partial charge in [0.05, 0.1) is 14.2 Å². The summed E-state index contributed by atoms with van der Waals surface area (Å²) >= 11 is 0. The van der Waals surface area contributed by atoms with Crippen LogP contribution >= 0.6 is 0 Å². The van der Waals surface area contributed by atoms with E-state index in [0.29, 0.717) is 30.2 Å². The molecule has 5 heteroatoms. The summed E-state index contributed by atoms with van der Waals surface area (Å²) in [6.07, 6.45) is 0.860. The van der Waals surface area contributed by atoms with E-state index in [1.807, 2.05) is 0 Å². The molecule has 2 N–H and O–H groups in total. The Labute approximate surface area is 106 Å². The molecule has 2 rings (SSSR count). The van der Waals surface area contributed by atoms with Crippen molar-refractivity contribution in [2.24, 2.45) is 5.73 Å². The number of hydrogen-bond donors (Lipinski definition) is 1. The minimum Gasteiger partial charge on any atom is -0.493 e. The molecule has 0 unspecified atom stereocenters. The van der Waals surface area contributed by atoms with Gasteiger partial charge in [-0.15, -0.1) is 0 Å². The number of nitrogens with zero attached hydrogens (tertiary/aromatic N) is 1. The molecule has 0 bridgehead atoms. The van der Waals surface area contributed by atoms with Crippen LogP contribution in [-0.2, 0) is 0 Å². The molecule has 0 aliphatic carbocycles. The van der Waals surface area contributed by atoms with Gasteiger partial charge in [0.25, 0.3) is 5.91 Å². The van der Waals surface area contributed by atoms with E-state index in [4.69, 9.17) is 15.2 Å². The first-order valence-electron chi connectivity index (χ1n) is 5.92. The Kier molecular flexibility index (Phi) is 3.72. The molecule has 1 aromatic rings. The Morgan fingerprint density at radius 3 is 2.61 bits per heavy atom. The lowest BCUT2D eigenvalue weighted by atomic mass is 10.1. The summed E-state index contributed by atoms with van der Waals surface area (Å²) in [6, 6.07) is 5.27. The van der Waals surface area contributed by atoms with E-state index in [2.05, 4.69) is 0 Å². The Morgan fingerprint density at radius 2 is 2.06 bits per heavy atom. The first-order chi connectivity index (χ1) is 8.65. The van der Waals surface area contributed by atoms with E-state index >= 15 is 0 Å². The van der Waals surface area contributed by atoms with E-state index in [1.54, 1.807) is 37.3 Å². The summed E-state index contributed by atoms with van der Waals surface area (Å²) in [5.74, 6) is 1.17. The van der Waals surface area contributed by atoms with Crippen LogP contribution in [0.15, 0.2) is 18.2 Å². The maximum absolute atomic E-state index is 12.2. The maximum atomic E-state index is 12.2. The van der Waals surface area contributed by atoms with Gasteiger partial charge in [0.1, 0.15) is 0 Å². The lowest BCUT2D eigenvalue weighted by molar-refractivity contribution is 0.0790. The van der Waals surface area contributed by atoms with Crippen molar-refractivity contribution in [3.63, 3.8) is 0 Å². The average molecular weight is 250 g/mol. The Morgan fingerprint density at radius 1 is 1.33 bits per heavy atom. The van der Waals surface area contributed by atoms with Gasteiger partial charge in [0.15, 0.2) is 11.5 Å². The summed E-state index contributed by atoms with van der Waals surface area (Å²) in [5.41, 5.74) is 6.40. The first-order valence-corrected chi connectivity index (χ1v) is 5.92. The fourth-order valence-electron chi connectivity index (χ4n) is 2.12. The second-order valence-corrected chi connectivity index (χ2v) is 4.37. The van der Waals surface area contributed by atoms with Crippen LogP contribution in [0.5, 0.6) is 11.5 Å². The van der Waals surface area contributed by atoms with Crippen molar-refractivity contribution >= 4 is 5.91 Å². The minimum absolute atomic E-state index is 0.0103. The predicted molar refractivity (Wildman–Crippen MR) is 68.0 cm³/mol. The number of likely N-dealkylation sites (tertiary alicyclic amines) is 1. The van der Waals surface area contributed by atoms with Crippen LogP contribution in [0.4, 0.5) is 0 Å². The molecular weight excluding hydrogens is 232 g/mol. The largest absolute Gasteiger partial charge is 0.493 e. The highest BCUT2D eigenvalue weighted by molar-refractivity contribution is 5.95. The smallest absolute Gasteiger partial charge is 0.254 e. The second-order valence-electron chi connectivity index (χ2n) is 4.37. The van der Waals surface area contributed by atoms with Gasteiger partial charge in [-0.05, 0) is 24.6 Å². The topological polar surface area (TPSA) is 64.8 Å². The van der Waals surface area contributed by atoms with Gasteiger partial charge in [-0.3, -0.25) is 4.79 Å². The molecule has 1 aromatic carbocycles. The number of ether oxygens (including phenoxy) is 2. The molecule has 1 saturated heterocycles. The normalized spacial score (nSPS) is 18.8. The molecular formula is C13H18N2O3. The fraction of sp³-hybridized carbons (Fsp3) is 0.462. The molecule has 1 fully saturated rings. The van der Waals surface area contributed by atoms with Gasteiger partial charge in [-0.1, -0.05) is 0 Å². The van der Waals surface area contributed by atoms with E-state index < -0.39 is 0 Å². The molecule has 1 amide bonds. The average Bonchev–Trinajstić information content (AvgIpc) is 2.83. The van der Waals surface area contributed by atoms with E-state index in [0.717, 1.165) is 6.42 Å². The zero-order chi connectivity index (χ0) is 13.1. The van der Waals surface area contributed by atoms with Crippen LogP contribution in [-0.4, -0.2) is 44.2 Å². The number of amides is 1. The summed E-state index contributed by atoms with van der Waals surface area (Å²) in [7, 11) is 3.12. The van der Waals surface area contributed by atoms with Crippen LogP contribution in [0.25, 0.3) is 0 Å². The third kappa shape index (κ3) is 2.41. The molecule has 98 valence electrons. The van der Waals surface area contributed by atoms with Gasteiger partial charge in [-0.2, -0.15) is 0 Å². The van der Waals surface area contributed by atoms with Crippen LogP contribution in [0.3, 0.4) is 0 Å². The lowest BCUT2D eigenvalue weighted by Crippen LogP contribution is -2.31. The van der Waals surface area contributed by atoms with Crippen molar-refractivity contribution in [1.29, 1.82) is 0 Å². The number of carbonyl (C=O) groups is 1. The Hall–Kier alpha value is -1.75. The third-order valence-corrected chi connectivity index (χ3v) is 3.14. The maximum Gasteiger partial charge on any atom is 0.254 e. The number of hydrogen-bond acceptors (Lipinski definition) is 4. The molecule has 1 atom stereocenters. The van der Waals surface area contributed by atoms with E-state index in [-0.39, 0.29) is 11.9 Å². The molecule has 5 nitrogen and oxygen atoms in total. The van der Waals surface area contributed by atoms with Gasteiger partial charge in [0, 0.05) is 24.7 Å². The zero-order valence-corrected chi connectivity index (χ0v) is 10.7. The van der Waals surface area contributed by atoms with Crippen LogP contribution in [0.2, 0.25) is 0 Å². The highest BCUT2D eigenvalue weighted by atomic mass is 16.5. The SMILES string of the molecule is COc1ccc(C(=O)N2CC[C@@H](N)C2)cc1OC.